The Morgan fingerprint density at radius 3 is 2.17 bits per heavy atom. The van der Waals surface area contributed by atoms with Gasteiger partial charge in [0.2, 0.25) is 5.43 Å². The van der Waals surface area contributed by atoms with Crippen molar-refractivity contribution in [2.75, 3.05) is 5.32 Å². The summed E-state index contributed by atoms with van der Waals surface area (Å²) in [5.74, 6) is 1.89. The molecule has 0 aliphatic heterocycles. The maximum Gasteiger partial charge on any atom is 0.263 e. The molecule has 0 radical (unpaired) electrons. The zero-order valence-corrected chi connectivity index (χ0v) is 20.0. The second kappa shape index (κ2) is 11.3. The highest BCUT2D eigenvalue weighted by molar-refractivity contribution is 6.04. The number of benzene rings is 3. The number of amides is 1. The van der Waals surface area contributed by atoms with Gasteiger partial charge < -0.3 is 14.5 Å². The second-order valence-corrected chi connectivity index (χ2v) is 8.42. The smallest absolute Gasteiger partial charge is 0.263 e. The summed E-state index contributed by atoms with van der Waals surface area (Å²) in [6.07, 6.45) is 2.99. The van der Waals surface area contributed by atoms with E-state index < -0.39 is 5.91 Å². The predicted octanol–water partition coefficient (Wildman–Crippen LogP) is 6.93. The van der Waals surface area contributed by atoms with E-state index in [0.717, 1.165) is 24.2 Å². The van der Waals surface area contributed by atoms with Crippen molar-refractivity contribution in [2.24, 2.45) is 0 Å². The van der Waals surface area contributed by atoms with Crippen molar-refractivity contribution < 1.29 is 13.9 Å². The largest absolute Gasteiger partial charge is 0.465 e. The standard InChI is InChI=1S/C30H29NO4/c1-3-4-15-27-26(20-22-11-7-5-8-12-22)29(32)28(21(2)34-27)30(33)31-23-16-18-25(19-17-23)35-24-13-9-6-10-14-24/h5-14,16-19H,3-4,15,20H2,1-2H3,(H,31,33). The molecule has 0 aliphatic rings. The van der Waals surface area contributed by atoms with E-state index in [-0.39, 0.29) is 11.0 Å². The second-order valence-electron chi connectivity index (χ2n) is 8.42. The summed E-state index contributed by atoms with van der Waals surface area (Å²) >= 11 is 0. The molecule has 178 valence electrons. The Morgan fingerprint density at radius 2 is 1.51 bits per heavy atom. The first-order valence-corrected chi connectivity index (χ1v) is 11.9. The molecule has 0 atom stereocenters. The molecule has 35 heavy (non-hydrogen) atoms. The molecule has 5 heteroatoms. The van der Waals surface area contributed by atoms with E-state index in [1.807, 2.05) is 60.7 Å². The Bertz CT molecular complexity index is 1330. The lowest BCUT2D eigenvalue weighted by atomic mass is 9.98. The third-order valence-electron chi connectivity index (χ3n) is 5.77. The van der Waals surface area contributed by atoms with Crippen LogP contribution >= 0.6 is 0 Å². The summed E-state index contributed by atoms with van der Waals surface area (Å²) in [6, 6.07) is 26.3. The molecular weight excluding hydrogens is 438 g/mol. The lowest BCUT2D eigenvalue weighted by Gasteiger charge is -2.13. The van der Waals surface area contributed by atoms with Crippen LogP contribution in [0.3, 0.4) is 0 Å². The quantitative estimate of drug-likeness (QED) is 0.290. The highest BCUT2D eigenvalue weighted by atomic mass is 16.5. The highest BCUT2D eigenvalue weighted by Gasteiger charge is 2.22. The maximum absolute atomic E-state index is 13.5. The number of rotatable bonds is 9. The van der Waals surface area contributed by atoms with Crippen molar-refractivity contribution >= 4 is 11.6 Å². The molecule has 1 heterocycles. The van der Waals surface area contributed by atoms with Crippen LogP contribution in [0.2, 0.25) is 0 Å². The van der Waals surface area contributed by atoms with E-state index in [1.165, 1.54) is 0 Å². The van der Waals surface area contributed by atoms with Gasteiger partial charge in [-0.1, -0.05) is 61.9 Å². The number of anilines is 1. The molecule has 1 N–H and O–H groups in total. The number of hydrogen-bond donors (Lipinski definition) is 1. The number of para-hydroxylation sites is 1. The average Bonchev–Trinajstić information content (AvgIpc) is 2.87. The van der Waals surface area contributed by atoms with Gasteiger partial charge in [-0.25, -0.2) is 0 Å². The molecule has 0 saturated carbocycles. The van der Waals surface area contributed by atoms with Gasteiger partial charge in [0.25, 0.3) is 5.91 Å². The summed E-state index contributed by atoms with van der Waals surface area (Å²) in [6.45, 7) is 3.77. The fourth-order valence-electron chi connectivity index (χ4n) is 3.94. The Balaban J connectivity index is 1.58. The average molecular weight is 468 g/mol. The van der Waals surface area contributed by atoms with Crippen LogP contribution < -0.4 is 15.5 Å². The van der Waals surface area contributed by atoms with Crippen molar-refractivity contribution in [1.82, 2.24) is 0 Å². The summed E-state index contributed by atoms with van der Waals surface area (Å²) < 4.78 is 11.9. The molecule has 0 bridgehead atoms. The molecule has 0 saturated heterocycles. The first kappa shape index (κ1) is 24.0. The number of aryl methyl sites for hydroxylation is 2. The zero-order valence-electron chi connectivity index (χ0n) is 20.0. The van der Waals surface area contributed by atoms with E-state index in [0.29, 0.717) is 41.4 Å². The molecule has 3 aromatic carbocycles. The molecule has 4 rings (SSSR count). The lowest BCUT2D eigenvalue weighted by Crippen LogP contribution is -2.27. The third kappa shape index (κ3) is 6.07. The van der Waals surface area contributed by atoms with Crippen LogP contribution in [-0.4, -0.2) is 5.91 Å². The Morgan fingerprint density at radius 1 is 0.886 bits per heavy atom. The van der Waals surface area contributed by atoms with Gasteiger partial charge in [0, 0.05) is 24.1 Å². The minimum atomic E-state index is -0.482. The topological polar surface area (TPSA) is 68.5 Å². The molecule has 0 unspecified atom stereocenters. The van der Waals surface area contributed by atoms with E-state index in [9.17, 15) is 9.59 Å². The van der Waals surface area contributed by atoms with Gasteiger partial charge in [0.05, 0.1) is 0 Å². The maximum atomic E-state index is 13.5. The van der Waals surface area contributed by atoms with Gasteiger partial charge in [-0.2, -0.15) is 0 Å². The van der Waals surface area contributed by atoms with E-state index in [4.69, 9.17) is 9.15 Å². The summed E-state index contributed by atoms with van der Waals surface area (Å²) in [5.41, 5.74) is 1.88. The van der Waals surface area contributed by atoms with Gasteiger partial charge in [-0.3, -0.25) is 9.59 Å². The van der Waals surface area contributed by atoms with E-state index in [1.54, 1.807) is 31.2 Å². The summed E-state index contributed by atoms with van der Waals surface area (Å²) in [4.78, 5) is 26.7. The number of carbonyl (C=O) groups is 1. The van der Waals surface area contributed by atoms with E-state index >= 15 is 0 Å². The number of unbranched alkanes of at least 4 members (excludes halogenated alkanes) is 1. The van der Waals surface area contributed by atoms with Gasteiger partial charge >= 0.3 is 0 Å². The lowest BCUT2D eigenvalue weighted by molar-refractivity contribution is 0.102. The normalized spacial score (nSPS) is 10.7. The number of nitrogens with one attached hydrogen (secondary N) is 1. The number of carbonyl (C=O) groups excluding carboxylic acids is 1. The molecule has 1 aromatic heterocycles. The van der Waals surface area contributed by atoms with Crippen molar-refractivity contribution in [2.45, 2.75) is 39.5 Å². The van der Waals surface area contributed by atoms with Crippen molar-refractivity contribution in [3.8, 4) is 11.5 Å². The van der Waals surface area contributed by atoms with Crippen molar-refractivity contribution in [3.63, 3.8) is 0 Å². The Hall–Kier alpha value is -4.12. The summed E-state index contributed by atoms with van der Waals surface area (Å²) in [7, 11) is 0. The van der Waals surface area contributed by atoms with Crippen LogP contribution in [-0.2, 0) is 12.8 Å². The fourth-order valence-corrected chi connectivity index (χ4v) is 3.94. The molecule has 5 nitrogen and oxygen atoms in total. The van der Waals surface area contributed by atoms with Gasteiger partial charge in [0.15, 0.2) is 0 Å². The van der Waals surface area contributed by atoms with Crippen LogP contribution in [0.15, 0.2) is 94.1 Å². The van der Waals surface area contributed by atoms with Crippen molar-refractivity contribution in [3.05, 3.63) is 123 Å². The van der Waals surface area contributed by atoms with Crippen LogP contribution in [0.1, 0.15) is 52.8 Å². The molecule has 4 aromatic rings. The van der Waals surface area contributed by atoms with Gasteiger partial charge in [-0.05, 0) is 55.3 Å². The molecule has 0 spiro atoms. The van der Waals surface area contributed by atoms with Crippen LogP contribution in [0, 0.1) is 6.92 Å². The molecular formula is C30H29NO4. The monoisotopic (exact) mass is 467 g/mol. The van der Waals surface area contributed by atoms with Crippen molar-refractivity contribution in [1.29, 1.82) is 0 Å². The first-order valence-electron chi connectivity index (χ1n) is 11.9. The SMILES string of the molecule is CCCCc1oc(C)c(C(=O)Nc2ccc(Oc3ccccc3)cc2)c(=O)c1Cc1ccccc1. The zero-order chi connectivity index (χ0) is 24.6. The van der Waals surface area contributed by atoms with Crippen LogP contribution in [0.25, 0.3) is 0 Å². The molecule has 1 amide bonds. The third-order valence-corrected chi connectivity index (χ3v) is 5.77. The first-order chi connectivity index (χ1) is 17.0. The Kier molecular flexibility index (Phi) is 7.78. The minimum Gasteiger partial charge on any atom is -0.465 e. The molecule has 0 aliphatic carbocycles. The number of ether oxygens (including phenoxy) is 1. The van der Waals surface area contributed by atoms with Gasteiger partial charge in [0.1, 0.15) is 28.6 Å². The fraction of sp³-hybridized carbons (Fsp3) is 0.200. The number of hydrogen-bond acceptors (Lipinski definition) is 4. The minimum absolute atomic E-state index is 0.0424. The Labute approximate surface area is 205 Å². The predicted molar refractivity (Wildman–Crippen MR) is 138 cm³/mol. The highest BCUT2D eigenvalue weighted by Crippen LogP contribution is 2.23. The molecule has 0 fully saturated rings. The van der Waals surface area contributed by atoms with Crippen LogP contribution in [0.4, 0.5) is 5.69 Å². The van der Waals surface area contributed by atoms with Crippen LogP contribution in [0.5, 0.6) is 11.5 Å². The van der Waals surface area contributed by atoms with E-state index in [2.05, 4.69) is 12.2 Å². The van der Waals surface area contributed by atoms with Gasteiger partial charge in [-0.15, -0.1) is 0 Å². The summed E-state index contributed by atoms with van der Waals surface area (Å²) in [5, 5.41) is 2.83.